The summed E-state index contributed by atoms with van der Waals surface area (Å²) in [5.41, 5.74) is 1.74. The molecule has 0 aliphatic rings. The van der Waals surface area contributed by atoms with Gasteiger partial charge < -0.3 is 10.4 Å². The van der Waals surface area contributed by atoms with E-state index in [1.807, 2.05) is 18.2 Å². The maximum Gasteiger partial charge on any atom is 0.259 e. The van der Waals surface area contributed by atoms with E-state index >= 15 is 0 Å². The number of carbonyl (C=O) groups is 1. The Hall–Kier alpha value is -1.27. The van der Waals surface area contributed by atoms with Crippen LogP contribution in [0.4, 0.5) is 5.69 Å². The third-order valence-corrected chi connectivity index (χ3v) is 3.57. The summed E-state index contributed by atoms with van der Waals surface area (Å²) < 4.78 is 0.881. The van der Waals surface area contributed by atoms with Crippen LogP contribution in [0.1, 0.15) is 15.9 Å². The zero-order valence-electron chi connectivity index (χ0n) is 9.86. The van der Waals surface area contributed by atoms with Crippen molar-refractivity contribution in [3.05, 3.63) is 57.2 Å². The van der Waals surface area contributed by atoms with E-state index in [4.69, 9.17) is 11.6 Å². The zero-order chi connectivity index (χ0) is 13.8. The van der Waals surface area contributed by atoms with Crippen molar-refractivity contribution in [3.63, 3.8) is 0 Å². The molecule has 0 saturated heterocycles. The maximum absolute atomic E-state index is 12.1. The molecule has 0 saturated carbocycles. The van der Waals surface area contributed by atoms with E-state index in [9.17, 15) is 9.90 Å². The second-order valence-electron chi connectivity index (χ2n) is 3.91. The van der Waals surface area contributed by atoms with Gasteiger partial charge in [0, 0.05) is 15.1 Å². The van der Waals surface area contributed by atoms with E-state index in [1.54, 1.807) is 18.2 Å². The molecule has 2 N–H and O–H groups in total. The van der Waals surface area contributed by atoms with Crippen LogP contribution < -0.4 is 5.32 Å². The van der Waals surface area contributed by atoms with Gasteiger partial charge in [0.1, 0.15) is 5.75 Å². The number of amides is 1. The fourth-order valence-electron chi connectivity index (χ4n) is 1.64. The van der Waals surface area contributed by atoms with Crippen molar-refractivity contribution >= 4 is 45.8 Å². The topological polar surface area (TPSA) is 49.3 Å². The van der Waals surface area contributed by atoms with Gasteiger partial charge in [-0.2, -0.15) is 0 Å². The first-order valence-corrected chi connectivity index (χ1v) is 7.17. The van der Waals surface area contributed by atoms with Crippen molar-refractivity contribution in [2.24, 2.45) is 0 Å². The number of phenols is 1. The SMILES string of the molecule is O=C(Nc1ccccc1CCl)c1cc(I)ccc1O. The Balaban J connectivity index is 2.28. The molecule has 2 aromatic carbocycles. The second-order valence-corrected chi connectivity index (χ2v) is 5.42. The molecule has 0 heterocycles. The van der Waals surface area contributed by atoms with Crippen molar-refractivity contribution in [2.45, 2.75) is 5.88 Å². The highest BCUT2D eigenvalue weighted by Gasteiger charge is 2.13. The number of carbonyl (C=O) groups excluding carboxylic acids is 1. The van der Waals surface area contributed by atoms with Crippen LogP contribution in [0, 0.1) is 3.57 Å². The standard InChI is InChI=1S/C14H11ClINO2/c15-8-9-3-1-2-4-12(9)17-14(19)11-7-10(16)5-6-13(11)18/h1-7,18H,8H2,(H,17,19). The minimum absolute atomic E-state index is 0.0405. The summed E-state index contributed by atoms with van der Waals surface area (Å²) in [7, 11) is 0. The van der Waals surface area contributed by atoms with Crippen LogP contribution in [0.5, 0.6) is 5.75 Å². The number of anilines is 1. The van der Waals surface area contributed by atoms with E-state index in [2.05, 4.69) is 27.9 Å². The number of rotatable bonds is 3. The van der Waals surface area contributed by atoms with Gasteiger partial charge in [-0.1, -0.05) is 18.2 Å². The predicted octanol–water partition coefficient (Wildman–Crippen LogP) is 3.99. The summed E-state index contributed by atoms with van der Waals surface area (Å²) in [5, 5.41) is 12.5. The lowest BCUT2D eigenvalue weighted by molar-refractivity contribution is 0.102. The van der Waals surface area contributed by atoms with E-state index in [0.29, 0.717) is 11.6 Å². The third kappa shape index (κ3) is 3.39. The maximum atomic E-state index is 12.1. The van der Waals surface area contributed by atoms with Gasteiger partial charge in [-0.25, -0.2) is 0 Å². The highest BCUT2D eigenvalue weighted by Crippen LogP contribution is 2.23. The lowest BCUT2D eigenvalue weighted by Crippen LogP contribution is -2.13. The third-order valence-electron chi connectivity index (χ3n) is 2.61. The van der Waals surface area contributed by atoms with Crippen LogP contribution >= 0.6 is 34.2 Å². The van der Waals surface area contributed by atoms with Gasteiger partial charge in [-0.05, 0) is 52.4 Å². The number of para-hydroxylation sites is 1. The van der Waals surface area contributed by atoms with Crippen LogP contribution in [-0.2, 0) is 5.88 Å². The van der Waals surface area contributed by atoms with Crippen molar-refractivity contribution in [2.75, 3.05) is 5.32 Å². The molecule has 0 bridgehead atoms. The van der Waals surface area contributed by atoms with Crippen LogP contribution in [-0.4, -0.2) is 11.0 Å². The molecular formula is C14H11ClINO2. The first-order chi connectivity index (χ1) is 9.11. The molecule has 1 amide bonds. The average molecular weight is 388 g/mol. The highest BCUT2D eigenvalue weighted by molar-refractivity contribution is 14.1. The van der Waals surface area contributed by atoms with Crippen molar-refractivity contribution in [3.8, 4) is 5.75 Å². The number of halogens is 2. The van der Waals surface area contributed by atoms with Gasteiger partial charge in [-0.15, -0.1) is 11.6 Å². The predicted molar refractivity (Wildman–Crippen MR) is 84.8 cm³/mol. The van der Waals surface area contributed by atoms with Crippen molar-refractivity contribution < 1.29 is 9.90 Å². The summed E-state index contributed by atoms with van der Waals surface area (Å²) in [6, 6.07) is 12.2. The molecule has 0 fully saturated rings. The Morgan fingerprint density at radius 3 is 2.74 bits per heavy atom. The fraction of sp³-hybridized carbons (Fsp3) is 0.0714. The van der Waals surface area contributed by atoms with Crippen LogP contribution in [0.25, 0.3) is 0 Å². The molecule has 0 aliphatic heterocycles. The Morgan fingerprint density at radius 2 is 2.00 bits per heavy atom. The molecule has 0 radical (unpaired) electrons. The van der Waals surface area contributed by atoms with Gasteiger partial charge in [0.15, 0.2) is 0 Å². The molecule has 0 spiro atoms. The van der Waals surface area contributed by atoms with Gasteiger partial charge in [0.2, 0.25) is 0 Å². The highest BCUT2D eigenvalue weighted by atomic mass is 127. The van der Waals surface area contributed by atoms with Crippen LogP contribution in [0.2, 0.25) is 0 Å². The molecule has 19 heavy (non-hydrogen) atoms. The number of alkyl halides is 1. The lowest BCUT2D eigenvalue weighted by Gasteiger charge is -2.10. The Morgan fingerprint density at radius 1 is 1.26 bits per heavy atom. The first kappa shape index (κ1) is 14.1. The number of hydrogen-bond acceptors (Lipinski definition) is 2. The molecule has 0 atom stereocenters. The molecule has 0 aliphatic carbocycles. The molecular weight excluding hydrogens is 377 g/mol. The Kier molecular flexibility index (Phi) is 4.66. The Labute approximate surface area is 129 Å². The molecule has 5 heteroatoms. The molecule has 98 valence electrons. The van der Waals surface area contributed by atoms with Crippen LogP contribution in [0.15, 0.2) is 42.5 Å². The minimum Gasteiger partial charge on any atom is -0.507 e. The van der Waals surface area contributed by atoms with Gasteiger partial charge >= 0.3 is 0 Å². The molecule has 2 rings (SSSR count). The van der Waals surface area contributed by atoms with E-state index in [-0.39, 0.29) is 17.2 Å². The van der Waals surface area contributed by atoms with Crippen molar-refractivity contribution in [1.29, 1.82) is 0 Å². The summed E-state index contributed by atoms with van der Waals surface area (Å²) in [4.78, 5) is 12.1. The largest absolute Gasteiger partial charge is 0.507 e. The normalized spacial score (nSPS) is 10.2. The fourth-order valence-corrected chi connectivity index (χ4v) is 2.36. The van der Waals surface area contributed by atoms with E-state index < -0.39 is 0 Å². The lowest BCUT2D eigenvalue weighted by atomic mass is 10.1. The first-order valence-electron chi connectivity index (χ1n) is 5.55. The summed E-state index contributed by atoms with van der Waals surface area (Å²) in [6.45, 7) is 0. The monoisotopic (exact) mass is 387 g/mol. The average Bonchev–Trinajstić information content (AvgIpc) is 2.42. The molecule has 0 aromatic heterocycles. The van der Waals surface area contributed by atoms with Gasteiger partial charge in [0.05, 0.1) is 5.56 Å². The van der Waals surface area contributed by atoms with E-state index in [0.717, 1.165) is 9.13 Å². The number of aromatic hydroxyl groups is 1. The smallest absolute Gasteiger partial charge is 0.259 e. The second kappa shape index (κ2) is 6.25. The molecule has 0 unspecified atom stereocenters. The van der Waals surface area contributed by atoms with Crippen LogP contribution in [0.3, 0.4) is 0 Å². The Bertz CT molecular complexity index is 616. The van der Waals surface area contributed by atoms with Gasteiger partial charge in [-0.3, -0.25) is 4.79 Å². The number of phenolic OH excluding ortho intramolecular Hbond substituents is 1. The molecule has 2 aromatic rings. The minimum atomic E-state index is -0.353. The summed E-state index contributed by atoms with van der Waals surface area (Å²) in [5.74, 6) is -0.0794. The van der Waals surface area contributed by atoms with E-state index in [1.165, 1.54) is 6.07 Å². The molecule has 3 nitrogen and oxygen atoms in total. The summed E-state index contributed by atoms with van der Waals surface area (Å²) >= 11 is 7.90. The number of nitrogens with one attached hydrogen (secondary N) is 1. The number of hydrogen-bond donors (Lipinski definition) is 2. The summed E-state index contributed by atoms with van der Waals surface area (Å²) in [6.07, 6.45) is 0. The number of benzene rings is 2. The van der Waals surface area contributed by atoms with Gasteiger partial charge in [0.25, 0.3) is 5.91 Å². The van der Waals surface area contributed by atoms with Crippen molar-refractivity contribution in [1.82, 2.24) is 0 Å². The zero-order valence-corrected chi connectivity index (χ0v) is 12.8. The quantitative estimate of drug-likeness (QED) is 0.618.